The van der Waals surface area contributed by atoms with Crippen LogP contribution in [0.1, 0.15) is 37.9 Å². The first-order valence-electron chi connectivity index (χ1n) is 7.95. The van der Waals surface area contributed by atoms with Crippen molar-refractivity contribution < 1.29 is 24.1 Å². The number of carbonyl (C=O) groups excluding carboxylic acids is 1. The lowest BCUT2D eigenvalue weighted by molar-refractivity contribution is -0.159. The third-order valence-electron chi connectivity index (χ3n) is 3.99. The zero-order valence-electron chi connectivity index (χ0n) is 14.3. The normalized spacial score (nSPS) is 24.8. The summed E-state index contributed by atoms with van der Waals surface area (Å²) in [5.41, 5.74) is 7.51. The Morgan fingerprint density at radius 2 is 2.38 bits per heavy atom. The molecule has 1 aromatic heterocycles. The summed E-state index contributed by atoms with van der Waals surface area (Å²) in [4.78, 5) is 15.8. The van der Waals surface area contributed by atoms with E-state index in [1.165, 1.54) is 0 Å². The van der Waals surface area contributed by atoms with Crippen LogP contribution < -0.4 is 5.73 Å². The number of nitrogens with two attached hydrogens (primary N) is 1. The van der Waals surface area contributed by atoms with Crippen molar-refractivity contribution in [2.75, 3.05) is 13.2 Å². The van der Waals surface area contributed by atoms with Crippen molar-refractivity contribution in [1.29, 1.82) is 0 Å². The Bertz CT molecular complexity index is 601. The number of carbonyl (C=O) groups is 1. The molecule has 134 valence electrons. The molecule has 0 saturated carbocycles. The van der Waals surface area contributed by atoms with E-state index >= 15 is 0 Å². The van der Waals surface area contributed by atoms with E-state index in [4.69, 9.17) is 19.9 Å². The zero-order valence-corrected chi connectivity index (χ0v) is 14.3. The number of ether oxygens (including phenoxy) is 3. The van der Waals surface area contributed by atoms with Gasteiger partial charge in [0.1, 0.15) is 18.0 Å². The molecule has 24 heavy (non-hydrogen) atoms. The molecule has 0 radical (unpaired) electrons. The van der Waals surface area contributed by atoms with Gasteiger partial charge in [0.05, 0.1) is 31.3 Å². The van der Waals surface area contributed by atoms with Gasteiger partial charge in [0.25, 0.3) is 0 Å². The number of aliphatic hydroxyl groups excluding tert-OH is 1. The van der Waals surface area contributed by atoms with Gasteiger partial charge in [0.2, 0.25) is 0 Å². The number of hydrogen-bond acceptors (Lipinski definition) is 7. The van der Waals surface area contributed by atoms with Crippen molar-refractivity contribution in [2.24, 2.45) is 5.73 Å². The number of esters is 1. The molecule has 0 bridgehead atoms. The van der Waals surface area contributed by atoms with Crippen LogP contribution in [0.4, 0.5) is 0 Å². The second-order valence-electron chi connectivity index (χ2n) is 5.77. The summed E-state index contributed by atoms with van der Waals surface area (Å²) in [5.74, 6) is -0.432. The van der Waals surface area contributed by atoms with Crippen molar-refractivity contribution in [3.8, 4) is 0 Å². The lowest BCUT2D eigenvalue weighted by Crippen LogP contribution is -2.32. The maximum Gasteiger partial charge on any atom is 0.334 e. The fraction of sp³-hybridized carbons (Fsp3) is 0.625. The van der Waals surface area contributed by atoms with E-state index in [0.717, 1.165) is 5.69 Å². The molecule has 0 unspecified atom stereocenters. The van der Waals surface area contributed by atoms with Gasteiger partial charge in [-0.1, -0.05) is 6.58 Å². The molecule has 1 fully saturated rings. The minimum Gasteiger partial charge on any atom is -0.464 e. The van der Waals surface area contributed by atoms with Gasteiger partial charge in [0.15, 0.2) is 6.10 Å². The number of aliphatic hydroxyl groups is 1. The van der Waals surface area contributed by atoms with Gasteiger partial charge in [-0.15, -0.1) is 0 Å². The minimum absolute atomic E-state index is 0.0991. The van der Waals surface area contributed by atoms with Gasteiger partial charge in [-0.3, -0.25) is 0 Å². The molecule has 0 spiro atoms. The largest absolute Gasteiger partial charge is 0.464 e. The van der Waals surface area contributed by atoms with Crippen LogP contribution in [0.5, 0.6) is 0 Å². The van der Waals surface area contributed by atoms with Crippen LogP contribution in [0, 0.1) is 6.92 Å². The molecule has 0 aromatic carbocycles. The summed E-state index contributed by atoms with van der Waals surface area (Å²) in [5, 5.41) is 10.2. The fourth-order valence-electron chi connectivity index (χ4n) is 2.63. The van der Waals surface area contributed by atoms with Crippen LogP contribution in [0.25, 0.3) is 5.70 Å². The quantitative estimate of drug-likeness (QED) is 0.705. The second-order valence-corrected chi connectivity index (χ2v) is 5.77. The summed E-state index contributed by atoms with van der Waals surface area (Å²) in [7, 11) is 0. The average Bonchev–Trinajstić information content (AvgIpc) is 3.08. The smallest absolute Gasteiger partial charge is 0.334 e. The molecule has 2 heterocycles. The van der Waals surface area contributed by atoms with Gasteiger partial charge in [0, 0.05) is 12.1 Å². The number of aromatic nitrogens is 2. The maximum atomic E-state index is 11.5. The number of rotatable bonds is 7. The Balaban J connectivity index is 1.95. The van der Waals surface area contributed by atoms with E-state index in [-0.39, 0.29) is 12.8 Å². The first kappa shape index (κ1) is 18.4. The van der Waals surface area contributed by atoms with Gasteiger partial charge in [-0.2, -0.15) is 0 Å². The van der Waals surface area contributed by atoms with Gasteiger partial charge in [-0.05, 0) is 20.8 Å². The van der Waals surface area contributed by atoms with Gasteiger partial charge >= 0.3 is 5.97 Å². The number of imidazole rings is 1. The van der Waals surface area contributed by atoms with Crippen molar-refractivity contribution in [1.82, 2.24) is 9.55 Å². The van der Waals surface area contributed by atoms with E-state index in [9.17, 15) is 9.90 Å². The molecule has 8 nitrogen and oxygen atoms in total. The van der Waals surface area contributed by atoms with Crippen LogP contribution in [0.15, 0.2) is 12.9 Å². The first-order valence-corrected chi connectivity index (χ1v) is 7.95. The van der Waals surface area contributed by atoms with Crippen molar-refractivity contribution in [2.45, 2.75) is 51.7 Å². The molecule has 0 amide bonds. The summed E-state index contributed by atoms with van der Waals surface area (Å²) in [6.45, 7) is 9.28. The molecule has 1 aliphatic heterocycles. The van der Waals surface area contributed by atoms with E-state index in [1.807, 2.05) is 11.5 Å². The summed E-state index contributed by atoms with van der Waals surface area (Å²) >= 11 is 0. The van der Waals surface area contributed by atoms with Crippen LogP contribution in [-0.4, -0.2) is 52.2 Å². The standard InChI is InChI=1S/C16H25N3O5/c1-5-22-16(21)11(4)23-7-13-12(20)6-14(24-13)19-8-18-15(9(2)17)10(19)3/h8,11-14,20H,2,5-7,17H2,1,3-4H3/t11-,12+,13-,14-/m1/s1. The molecule has 3 N–H and O–H groups in total. The van der Waals surface area contributed by atoms with E-state index < -0.39 is 24.3 Å². The molecule has 8 heteroatoms. The van der Waals surface area contributed by atoms with Crippen LogP contribution in [0.3, 0.4) is 0 Å². The highest BCUT2D eigenvalue weighted by molar-refractivity contribution is 5.74. The topological polar surface area (TPSA) is 109 Å². The molecule has 0 aliphatic carbocycles. The Kier molecular flexibility index (Phi) is 5.98. The lowest BCUT2D eigenvalue weighted by atomic mass is 10.2. The van der Waals surface area contributed by atoms with Crippen LogP contribution >= 0.6 is 0 Å². The fourth-order valence-corrected chi connectivity index (χ4v) is 2.63. The van der Waals surface area contributed by atoms with Crippen molar-refractivity contribution in [3.05, 3.63) is 24.3 Å². The average molecular weight is 339 g/mol. The SMILES string of the molecule is C=C(N)c1ncn([C@H]2C[C@H](O)[C@@H](CO[C@H](C)C(=O)OCC)O2)c1C. The monoisotopic (exact) mass is 339 g/mol. The molecular formula is C16H25N3O5. The number of hydrogen-bond donors (Lipinski definition) is 2. The minimum atomic E-state index is -0.707. The Labute approximate surface area is 141 Å². The zero-order chi connectivity index (χ0) is 17.9. The Morgan fingerprint density at radius 1 is 1.67 bits per heavy atom. The lowest BCUT2D eigenvalue weighted by Gasteiger charge is -2.18. The molecular weight excluding hydrogens is 314 g/mol. The second kappa shape index (κ2) is 7.78. The molecule has 1 aromatic rings. The third-order valence-corrected chi connectivity index (χ3v) is 3.99. The van der Waals surface area contributed by atoms with E-state index in [2.05, 4.69) is 11.6 Å². The van der Waals surface area contributed by atoms with E-state index in [0.29, 0.717) is 24.4 Å². The van der Waals surface area contributed by atoms with Crippen LogP contribution in [0.2, 0.25) is 0 Å². The summed E-state index contributed by atoms with van der Waals surface area (Å²) in [6, 6.07) is 0. The van der Waals surface area contributed by atoms with Crippen LogP contribution in [-0.2, 0) is 19.0 Å². The highest BCUT2D eigenvalue weighted by atomic mass is 16.6. The predicted octanol–water partition coefficient (Wildman–Crippen LogP) is 0.738. The first-order chi connectivity index (χ1) is 11.3. The predicted molar refractivity (Wildman–Crippen MR) is 86.8 cm³/mol. The molecule has 1 aliphatic rings. The number of nitrogens with zero attached hydrogens (tertiary/aromatic N) is 2. The third kappa shape index (κ3) is 3.95. The van der Waals surface area contributed by atoms with Crippen molar-refractivity contribution in [3.63, 3.8) is 0 Å². The van der Waals surface area contributed by atoms with Gasteiger partial charge in [-0.25, -0.2) is 9.78 Å². The van der Waals surface area contributed by atoms with Gasteiger partial charge < -0.3 is 29.6 Å². The molecule has 1 saturated heterocycles. The highest BCUT2D eigenvalue weighted by Gasteiger charge is 2.36. The molecule has 4 atom stereocenters. The summed E-state index contributed by atoms with van der Waals surface area (Å²) < 4.78 is 18.0. The van der Waals surface area contributed by atoms with E-state index in [1.54, 1.807) is 20.2 Å². The van der Waals surface area contributed by atoms with Crippen molar-refractivity contribution >= 4 is 11.7 Å². The Hall–Kier alpha value is -1.90. The molecule has 2 rings (SSSR count). The summed E-state index contributed by atoms with van der Waals surface area (Å²) in [6.07, 6.45) is -0.289. The highest BCUT2D eigenvalue weighted by Crippen LogP contribution is 2.31. The Morgan fingerprint density at radius 3 is 2.96 bits per heavy atom. The maximum absolute atomic E-state index is 11.5.